The number of nitrogens with zero attached hydrogens (tertiary/aromatic N) is 2. The lowest BCUT2D eigenvalue weighted by atomic mass is 10.0. The number of rotatable bonds is 6. The summed E-state index contributed by atoms with van der Waals surface area (Å²) in [5, 5.41) is 9.26. The van der Waals surface area contributed by atoms with Crippen molar-refractivity contribution in [3.8, 4) is 11.1 Å². The first-order valence-electron chi connectivity index (χ1n) is 10.1. The van der Waals surface area contributed by atoms with Gasteiger partial charge in [0.15, 0.2) is 9.84 Å². The zero-order chi connectivity index (χ0) is 22.9. The van der Waals surface area contributed by atoms with Crippen molar-refractivity contribution in [2.45, 2.75) is 30.1 Å². The maximum absolute atomic E-state index is 14.8. The predicted octanol–water partition coefficient (Wildman–Crippen LogP) is 3.73. The van der Waals surface area contributed by atoms with Crippen LogP contribution >= 0.6 is 0 Å². The molecule has 2 heterocycles. The van der Waals surface area contributed by atoms with Gasteiger partial charge in [0.25, 0.3) is 0 Å². The molecule has 1 aliphatic heterocycles. The second kappa shape index (κ2) is 8.58. The number of amides is 1. The highest BCUT2D eigenvalue weighted by molar-refractivity contribution is 7.90. The minimum Gasteiger partial charge on any atom is -0.444 e. The van der Waals surface area contributed by atoms with Crippen LogP contribution in [0.1, 0.15) is 18.9 Å². The van der Waals surface area contributed by atoms with E-state index in [1.54, 1.807) is 24.3 Å². The Hall–Kier alpha value is -3.46. The Labute approximate surface area is 185 Å². The predicted molar refractivity (Wildman–Crippen MR) is 114 cm³/mol. The zero-order valence-corrected chi connectivity index (χ0v) is 18.1. The van der Waals surface area contributed by atoms with Crippen molar-refractivity contribution in [2.75, 3.05) is 11.4 Å². The first-order chi connectivity index (χ1) is 15.3. The standard InChI is InChI=1S/C23H22FN2O5S/c1-2-19-14-26(23(27)31-19)18-5-8-21(22(24)13-18)17-3-6-20(7-4-17)32(29,30)15-16-9-11-25(28)12-10-16/h3-13,19,28H,2,14-15H2,1H3/q+1/t19-/m0/s1. The van der Waals surface area contributed by atoms with E-state index in [4.69, 9.17) is 4.74 Å². The molecule has 1 fully saturated rings. The molecular weight excluding hydrogens is 435 g/mol. The summed E-state index contributed by atoms with van der Waals surface area (Å²) in [5.41, 5.74) is 1.77. The summed E-state index contributed by atoms with van der Waals surface area (Å²) < 4.78 is 46.2. The highest BCUT2D eigenvalue weighted by atomic mass is 32.2. The largest absolute Gasteiger partial charge is 0.444 e. The van der Waals surface area contributed by atoms with E-state index in [-0.39, 0.29) is 16.8 Å². The molecule has 1 amide bonds. The van der Waals surface area contributed by atoms with Gasteiger partial charge >= 0.3 is 6.09 Å². The number of hydrogen-bond donors (Lipinski definition) is 1. The Morgan fingerprint density at radius 3 is 2.41 bits per heavy atom. The molecule has 4 rings (SSSR count). The molecule has 1 saturated heterocycles. The Morgan fingerprint density at radius 1 is 1.12 bits per heavy atom. The van der Waals surface area contributed by atoms with Gasteiger partial charge in [-0.2, -0.15) is 0 Å². The Balaban J connectivity index is 1.54. The molecule has 9 heteroatoms. The van der Waals surface area contributed by atoms with Gasteiger partial charge < -0.3 is 4.74 Å². The smallest absolute Gasteiger partial charge is 0.414 e. The van der Waals surface area contributed by atoms with E-state index in [9.17, 15) is 22.8 Å². The SMILES string of the molecule is CC[C@H]1CN(c2ccc(-c3ccc(S(=O)(=O)Cc4cc[n+](O)cc4)cc3)c(F)c2)C(=O)O1. The van der Waals surface area contributed by atoms with Gasteiger partial charge in [0.2, 0.25) is 12.4 Å². The average molecular weight is 458 g/mol. The van der Waals surface area contributed by atoms with Crippen molar-refractivity contribution >= 4 is 21.6 Å². The first kappa shape index (κ1) is 21.8. The third kappa shape index (κ3) is 4.43. The van der Waals surface area contributed by atoms with Crippen molar-refractivity contribution < 1.29 is 32.3 Å². The number of hydrogen-bond acceptors (Lipinski definition) is 5. The summed E-state index contributed by atoms with van der Waals surface area (Å²) in [7, 11) is -3.61. The van der Waals surface area contributed by atoms with E-state index < -0.39 is 21.7 Å². The number of cyclic esters (lactones) is 1. The number of ether oxygens (including phenoxy) is 1. The van der Waals surface area contributed by atoms with Gasteiger partial charge in [-0.25, -0.2) is 17.6 Å². The van der Waals surface area contributed by atoms with Crippen LogP contribution in [0.5, 0.6) is 0 Å². The van der Waals surface area contributed by atoms with Crippen LogP contribution in [-0.4, -0.2) is 32.4 Å². The van der Waals surface area contributed by atoms with E-state index in [2.05, 4.69) is 0 Å². The summed E-state index contributed by atoms with van der Waals surface area (Å²) in [5.74, 6) is -0.742. The molecule has 3 aromatic rings. The van der Waals surface area contributed by atoms with E-state index in [0.717, 1.165) is 4.73 Å². The molecule has 1 aliphatic rings. The fourth-order valence-electron chi connectivity index (χ4n) is 3.54. The van der Waals surface area contributed by atoms with Crippen LogP contribution in [0, 0.1) is 5.82 Å². The molecule has 0 radical (unpaired) electrons. The van der Waals surface area contributed by atoms with Crippen LogP contribution in [0.25, 0.3) is 11.1 Å². The monoisotopic (exact) mass is 457 g/mol. The van der Waals surface area contributed by atoms with E-state index >= 15 is 0 Å². The molecule has 1 aromatic heterocycles. The van der Waals surface area contributed by atoms with Crippen molar-refractivity contribution in [3.63, 3.8) is 0 Å². The van der Waals surface area contributed by atoms with Crippen molar-refractivity contribution in [1.29, 1.82) is 0 Å². The molecule has 1 N–H and O–H groups in total. The molecule has 166 valence electrons. The lowest BCUT2D eigenvalue weighted by Crippen LogP contribution is -2.28. The normalized spacial score (nSPS) is 16.2. The molecule has 0 saturated carbocycles. The highest BCUT2D eigenvalue weighted by Gasteiger charge is 2.31. The van der Waals surface area contributed by atoms with Crippen molar-refractivity contribution in [1.82, 2.24) is 0 Å². The first-order valence-corrected chi connectivity index (χ1v) is 11.7. The van der Waals surface area contributed by atoms with E-state index in [0.29, 0.717) is 35.3 Å². The van der Waals surface area contributed by atoms with Gasteiger partial charge in [0.1, 0.15) is 11.9 Å². The molecule has 2 aromatic carbocycles. The van der Waals surface area contributed by atoms with Gasteiger partial charge in [0.05, 0.1) is 22.9 Å². The van der Waals surface area contributed by atoms with Gasteiger partial charge in [-0.3, -0.25) is 10.1 Å². The molecule has 1 atom stereocenters. The Kier molecular flexibility index (Phi) is 5.84. The second-order valence-electron chi connectivity index (χ2n) is 7.56. The van der Waals surface area contributed by atoms with Crippen molar-refractivity contribution in [2.24, 2.45) is 0 Å². The quantitative estimate of drug-likeness (QED) is 0.450. The number of carbonyl (C=O) groups excluding carboxylic acids is 1. The number of carbonyl (C=O) groups is 1. The topological polar surface area (TPSA) is 87.8 Å². The average Bonchev–Trinajstić information content (AvgIpc) is 3.16. The van der Waals surface area contributed by atoms with Crippen molar-refractivity contribution in [3.05, 3.63) is 78.4 Å². The third-order valence-corrected chi connectivity index (χ3v) is 7.06. The molecule has 0 unspecified atom stereocenters. The summed E-state index contributed by atoms with van der Waals surface area (Å²) in [6.45, 7) is 2.29. The van der Waals surface area contributed by atoms with Gasteiger partial charge in [-0.1, -0.05) is 19.1 Å². The lowest BCUT2D eigenvalue weighted by molar-refractivity contribution is -0.904. The minimum absolute atomic E-state index is 0.115. The second-order valence-corrected chi connectivity index (χ2v) is 9.55. The zero-order valence-electron chi connectivity index (χ0n) is 17.3. The number of aromatic nitrogens is 1. The molecule has 0 bridgehead atoms. The van der Waals surface area contributed by atoms with Crippen LogP contribution in [-0.2, 0) is 20.3 Å². The molecule has 0 aliphatic carbocycles. The van der Waals surface area contributed by atoms with Gasteiger partial charge in [-0.05, 0) is 47.9 Å². The fourth-order valence-corrected chi connectivity index (χ4v) is 4.89. The number of anilines is 1. The van der Waals surface area contributed by atoms with Crippen LogP contribution in [0.2, 0.25) is 0 Å². The lowest BCUT2D eigenvalue weighted by Gasteiger charge is -2.14. The summed E-state index contributed by atoms with van der Waals surface area (Å²) >= 11 is 0. The van der Waals surface area contributed by atoms with Crippen LogP contribution in [0.15, 0.2) is 71.9 Å². The minimum atomic E-state index is -3.61. The van der Waals surface area contributed by atoms with Crippen LogP contribution in [0.3, 0.4) is 0 Å². The number of halogens is 1. The summed E-state index contributed by atoms with van der Waals surface area (Å²) in [6, 6.07) is 13.5. The fraction of sp³-hybridized carbons (Fsp3) is 0.217. The number of pyridine rings is 1. The number of sulfone groups is 1. The molecule has 7 nitrogen and oxygen atoms in total. The maximum atomic E-state index is 14.8. The molecule has 0 spiro atoms. The Bertz CT molecular complexity index is 1240. The van der Waals surface area contributed by atoms with E-state index in [1.165, 1.54) is 47.6 Å². The summed E-state index contributed by atoms with van der Waals surface area (Å²) in [4.78, 5) is 13.5. The maximum Gasteiger partial charge on any atom is 0.414 e. The third-order valence-electron chi connectivity index (χ3n) is 5.36. The number of benzene rings is 2. The molecular formula is C23H22FN2O5S+. The van der Waals surface area contributed by atoms with Crippen LogP contribution in [0.4, 0.5) is 14.9 Å². The Morgan fingerprint density at radius 2 is 1.81 bits per heavy atom. The van der Waals surface area contributed by atoms with Gasteiger partial charge in [-0.15, -0.1) is 0 Å². The molecule has 32 heavy (non-hydrogen) atoms. The van der Waals surface area contributed by atoms with E-state index in [1.807, 2.05) is 6.92 Å². The highest BCUT2D eigenvalue weighted by Crippen LogP contribution is 2.30. The van der Waals surface area contributed by atoms with Crippen LogP contribution < -0.4 is 9.63 Å². The van der Waals surface area contributed by atoms with Gasteiger partial charge in [0, 0.05) is 22.4 Å². The summed E-state index contributed by atoms with van der Waals surface area (Å²) in [6.07, 6.45) is 2.69.